The van der Waals surface area contributed by atoms with Crippen LogP contribution in [-0.4, -0.2) is 21.0 Å². The predicted molar refractivity (Wildman–Crippen MR) is 116 cm³/mol. The number of pyridine rings is 1. The molecular weight excluding hydrogens is 386 g/mol. The first-order valence-electron chi connectivity index (χ1n) is 9.50. The SMILES string of the molecule is Cc1c(Cl)cccc1-n1nc(C)c2c(C)cc(=O)n(CCOc3ccccc3)c21. The molecular formula is C23H22ClN3O2. The van der Waals surface area contributed by atoms with Crippen molar-refractivity contribution in [3.05, 3.63) is 86.8 Å². The molecule has 29 heavy (non-hydrogen) atoms. The summed E-state index contributed by atoms with van der Waals surface area (Å²) in [5.74, 6) is 0.777. The Morgan fingerprint density at radius 3 is 2.55 bits per heavy atom. The monoisotopic (exact) mass is 407 g/mol. The molecule has 0 amide bonds. The molecule has 6 heteroatoms. The van der Waals surface area contributed by atoms with Crippen LogP contribution in [0.15, 0.2) is 59.4 Å². The van der Waals surface area contributed by atoms with Gasteiger partial charge in [0.2, 0.25) is 0 Å². The molecule has 0 N–H and O–H groups in total. The number of ether oxygens (including phenoxy) is 1. The molecule has 5 nitrogen and oxygen atoms in total. The van der Waals surface area contributed by atoms with Crippen LogP contribution in [0.3, 0.4) is 0 Å². The van der Waals surface area contributed by atoms with Crippen LogP contribution in [0.2, 0.25) is 5.02 Å². The van der Waals surface area contributed by atoms with Crippen molar-refractivity contribution in [2.45, 2.75) is 27.3 Å². The minimum Gasteiger partial charge on any atom is -0.492 e. The fourth-order valence-electron chi connectivity index (χ4n) is 3.65. The summed E-state index contributed by atoms with van der Waals surface area (Å²) in [7, 11) is 0. The molecule has 2 aromatic carbocycles. The lowest BCUT2D eigenvalue weighted by atomic mass is 10.1. The number of hydrogen-bond donors (Lipinski definition) is 0. The van der Waals surface area contributed by atoms with Gasteiger partial charge in [-0.3, -0.25) is 9.36 Å². The van der Waals surface area contributed by atoms with Gasteiger partial charge in [-0.2, -0.15) is 5.10 Å². The second-order valence-electron chi connectivity index (χ2n) is 7.06. The zero-order chi connectivity index (χ0) is 20.5. The standard InChI is InChI=1S/C23H22ClN3O2/c1-15-14-21(28)26(12-13-29-18-8-5-4-6-9-18)23-22(15)17(3)25-27(23)20-11-7-10-19(24)16(20)2/h4-11,14H,12-13H2,1-3H3. The molecule has 0 saturated heterocycles. The van der Waals surface area contributed by atoms with Crippen molar-refractivity contribution < 1.29 is 4.74 Å². The van der Waals surface area contributed by atoms with Gasteiger partial charge in [0.1, 0.15) is 18.0 Å². The Labute approximate surface area is 174 Å². The van der Waals surface area contributed by atoms with Crippen molar-refractivity contribution in [1.82, 2.24) is 14.3 Å². The third kappa shape index (κ3) is 3.54. The number of nitrogens with zero attached hydrogens (tertiary/aromatic N) is 3. The number of benzene rings is 2. The lowest BCUT2D eigenvalue weighted by Gasteiger charge is -2.14. The number of rotatable bonds is 5. The Bertz CT molecular complexity index is 1240. The van der Waals surface area contributed by atoms with Crippen molar-refractivity contribution in [1.29, 1.82) is 0 Å². The number of fused-ring (bicyclic) bond motifs is 1. The van der Waals surface area contributed by atoms with Gasteiger partial charge in [0.05, 0.1) is 17.9 Å². The van der Waals surface area contributed by atoms with Gasteiger partial charge in [0.15, 0.2) is 0 Å². The highest BCUT2D eigenvalue weighted by molar-refractivity contribution is 6.31. The fourth-order valence-corrected chi connectivity index (χ4v) is 3.82. The maximum absolute atomic E-state index is 12.9. The normalized spacial score (nSPS) is 11.2. The van der Waals surface area contributed by atoms with Gasteiger partial charge in [-0.1, -0.05) is 35.9 Å². The van der Waals surface area contributed by atoms with E-state index < -0.39 is 0 Å². The van der Waals surface area contributed by atoms with Crippen molar-refractivity contribution in [3.8, 4) is 11.4 Å². The fraction of sp³-hybridized carbons (Fsp3) is 0.217. The zero-order valence-electron chi connectivity index (χ0n) is 16.6. The van der Waals surface area contributed by atoms with E-state index in [0.717, 1.165) is 39.3 Å². The zero-order valence-corrected chi connectivity index (χ0v) is 17.4. The maximum atomic E-state index is 12.9. The molecule has 0 aliphatic heterocycles. The first-order chi connectivity index (χ1) is 14.0. The third-order valence-electron chi connectivity index (χ3n) is 5.09. The van der Waals surface area contributed by atoms with Crippen molar-refractivity contribution >= 4 is 22.6 Å². The van der Waals surface area contributed by atoms with Gasteiger partial charge < -0.3 is 4.74 Å². The average Bonchev–Trinajstić information content (AvgIpc) is 3.04. The summed E-state index contributed by atoms with van der Waals surface area (Å²) < 4.78 is 9.38. The van der Waals surface area contributed by atoms with E-state index in [0.29, 0.717) is 18.2 Å². The lowest BCUT2D eigenvalue weighted by Crippen LogP contribution is -2.25. The van der Waals surface area contributed by atoms with Gasteiger partial charge in [-0.15, -0.1) is 0 Å². The minimum atomic E-state index is -0.0764. The van der Waals surface area contributed by atoms with E-state index in [9.17, 15) is 4.79 Å². The summed E-state index contributed by atoms with van der Waals surface area (Å²) in [6.45, 7) is 6.65. The molecule has 4 rings (SSSR count). The molecule has 0 bridgehead atoms. The molecule has 0 unspecified atom stereocenters. The van der Waals surface area contributed by atoms with E-state index in [1.165, 1.54) is 0 Å². The smallest absolute Gasteiger partial charge is 0.252 e. The number of aryl methyl sites for hydroxylation is 2. The molecule has 2 heterocycles. The summed E-state index contributed by atoms with van der Waals surface area (Å²) in [5.41, 5.74) is 4.24. The molecule has 0 fully saturated rings. The molecule has 0 aliphatic carbocycles. The first kappa shape index (κ1) is 19.3. The quantitative estimate of drug-likeness (QED) is 0.475. The van der Waals surface area contributed by atoms with Gasteiger partial charge in [-0.05, 0) is 56.2 Å². The molecule has 0 saturated carbocycles. The van der Waals surface area contributed by atoms with Crippen LogP contribution in [0.1, 0.15) is 16.8 Å². The highest BCUT2D eigenvalue weighted by Gasteiger charge is 2.18. The summed E-state index contributed by atoms with van der Waals surface area (Å²) in [6.07, 6.45) is 0. The number of para-hydroxylation sites is 1. The van der Waals surface area contributed by atoms with Crippen molar-refractivity contribution in [2.75, 3.05) is 6.61 Å². The largest absolute Gasteiger partial charge is 0.492 e. The highest BCUT2D eigenvalue weighted by Crippen LogP contribution is 2.28. The highest BCUT2D eigenvalue weighted by atomic mass is 35.5. The second kappa shape index (κ2) is 7.76. The topological polar surface area (TPSA) is 49.0 Å². The van der Waals surface area contributed by atoms with Gasteiger partial charge in [0.25, 0.3) is 5.56 Å². The average molecular weight is 408 g/mol. The Kier molecular flexibility index (Phi) is 5.16. The molecule has 2 aromatic heterocycles. The minimum absolute atomic E-state index is 0.0764. The van der Waals surface area contributed by atoms with Gasteiger partial charge in [0, 0.05) is 16.5 Å². The molecule has 0 atom stereocenters. The summed E-state index contributed by atoms with van der Waals surface area (Å²) in [6, 6.07) is 17.0. The Morgan fingerprint density at radius 1 is 1.03 bits per heavy atom. The number of aromatic nitrogens is 3. The van der Waals surface area contributed by atoms with Crippen LogP contribution in [0.4, 0.5) is 0 Å². The number of halogens is 1. The number of hydrogen-bond acceptors (Lipinski definition) is 3. The Morgan fingerprint density at radius 2 is 1.79 bits per heavy atom. The van der Waals surface area contributed by atoms with E-state index in [-0.39, 0.29) is 5.56 Å². The van der Waals surface area contributed by atoms with Crippen molar-refractivity contribution in [2.24, 2.45) is 0 Å². The summed E-state index contributed by atoms with van der Waals surface area (Å²) in [5, 5.41) is 6.39. The molecule has 0 aliphatic rings. The summed E-state index contributed by atoms with van der Waals surface area (Å²) >= 11 is 6.35. The second-order valence-corrected chi connectivity index (χ2v) is 7.47. The molecule has 4 aromatic rings. The molecule has 0 spiro atoms. The maximum Gasteiger partial charge on any atom is 0.252 e. The lowest BCUT2D eigenvalue weighted by molar-refractivity contribution is 0.298. The van der Waals surface area contributed by atoms with Crippen LogP contribution in [0, 0.1) is 20.8 Å². The van der Waals surface area contributed by atoms with Crippen LogP contribution >= 0.6 is 11.6 Å². The van der Waals surface area contributed by atoms with Crippen molar-refractivity contribution in [3.63, 3.8) is 0 Å². The van der Waals surface area contributed by atoms with Crippen LogP contribution in [-0.2, 0) is 6.54 Å². The third-order valence-corrected chi connectivity index (χ3v) is 5.50. The van der Waals surface area contributed by atoms with E-state index in [4.69, 9.17) is 21.4 Å². The van der Waals surface area contributed by atoms with Gasteiger partial charge >= 0.3 is 0 Å². The van der Waals surface area contributed by atoms with Crippen LogP contribution in [0.5, 0.6) is 5.75 Å². The van der Waals surface area contributed by atoms with E-state index in [1.807, 2.05) is 74.0 Å². The Hall–Kier alpha value is -3.05. The predicted octanol–water partition coefficient (Wildman–Crippen LogP) is 4.84. The van der Waals surface area contributed by atoms with Crippen LogP contribution < -0.4 is 10.3 Å². The Balaban J connectivity index is 1.83. The van der Waals surface area contributed by atoms with E-state index in [1.54, 1.807) is 10.6 Å². The first-order valence-corrected chi connectivity index (χ1v) is 9.88. The molecule has 0 radical (unpaired) electrons. The van der Waals surface area contributed by atoms with Crippen LogP contribution in [0.25, 0.3) is 16.7 Å². The van der Waals surface area contributed by atoms with E-state index in [2.05, 4.69) is 0 Å². The van der Waals surface area contributed by atoms with Gasteiger partial charge in [-0.25, -0.2) is 4.68 Å². The molecule has 148 valence electrons. The summed E-state index contributed by atoms with van der Waals surface area (Å²) in [4.78, 5) is 12.9. The van der Waals surface area contributed by atoms with E-state index >= 15 is 0 Å².